The van der Waals surface area contributed by atoms with Gasteiger partial charge in [-0.2, -0.15) is 13.2 Å². The fraction of sp³-hybridized carbons (Fsp3) is 0.548. The molecule has 0 heterocycles. The highest BCUT2D eigenvalue weighted by atomic mass is 19.4. The Hall–Kier alpha value is -3.17. The van der Waals surface area contributed by atoms with Crippen LogP contribution in [0.3, 0.4) is 0 Å². The first-order chi connectivity index (χ1) is 19.6. The molecule has 41 heavy (non-hydrogen) atoms. The Labute approximate surface area is 235 Å². The predicted octanol–water partition coefficient (Wildman–Crippen LogP) is 6.62. The van der Waals surface area contributed by atoms with Gasteiger partial charge in [-0.15, -0.1) is 0 Å². The molecule has 0 bridgehead atoms. The molecule has 4 saturated carbocycles. The number of fused-ring (bicyclic) bond motifs is 1. The number of hydrogen-bond donors (Lipinski definition) is 3. The first-order valence-electron chi connectivity index (χ1n) is 14.5. The monoisotopic (exact) mass is 575 g/mol. The van der Waals surface area contributed by atoms with Crippen molar-refractivity contribution >= 4 is 23.2 Å². The van der Waals surface area contributed by atoms with E-state index < -0.39 is 29.3 Å². The van der Waals surface area contributed by atoms with Crippen molar-refractivity contribution in [1.29, 1.82) is 0 Å². The van der Waals surface area contributed by atoms with Crippen molar-refractivity contribution in [2.75, 3.05) is 17.2 Å². The Bertz CT molecular complexity index is 1300. The lowest BCUT2D eigenvalue weighted by molar-refractivity contribution is -0.137. The molecule has 4 unspecified atom stereocenters. The number of benzene rings is 2. The number of rotatable bonds is 8. The molecular formula is C31H34F5N3O2. The largest absolute Gasteiger partial charge is 0.416 e. The van der Waals surface area contributed by atoms with Gasteiger partial charge in [-0.1, -0.05) is 6.07 Å². The van der Waals surface area contributed by atoms with Crippen molar-refractivity contribution < 1.29 is 31.5 Å². The second-order valence-electron chi connectivity index (χ2n) is 12.4. The molecule has 2 aromatic rings. The smallest absolute Gasteiger partial charge is 0.382 e. The van der Waals surface area contributed by atoms with Crippen molar-refractivity contribution in [3.8, 4) is 0 Å². The van der Waals surface area contributed by atoms with Gasteiger partial charge in [0.15, 0.2) is 11.6 Å². The summed E-state index contributed by atoms with van der Waals surface area (Å²) in [4.78, 5) is 24.9. The van der Waals surface area contributed by atoms with Crippen LogP contribution in [0.1, 0.15) is 50.5 Å². The average Bonchev–Trinajstić information content (AvgIpc) is 3.83. The minimum absolute atomic E-state index is 0.0391. The molecule has 0 radical (unpaired) electrons. The number of alkyl halides is 3. The minimum atomic E-state index is -4.50. The summed E-state index contributed by atoms with van der Waals surface area (Å²) in [5.41, 5.74) is -0.184. The highest BCUT2D eigenvalue weighted by Crippen LogP contribution is 2.66. The number of carbonyl (C=O) groups is 2. The highest BCUT2D eigenvalue weighted by molar-refractivity contribution is 5.95. The van der Waals surface area contributed by atoms with Crippen molar-refractivity contribution in [3.63, 3.8) is 0 Å². The molecule has 3 N–H and O–H groups in total. The molecular weight excluding hydrogens is 541 g/mol. The van der Waals surface area contributed by atoms with Gasteiger partial charge in [-0.25, -0.2) is 8.78 Å². The molecule has 220 valence electrons. The number of anilines is 2. The van der Waals surface area contributed by atoms with Gasteiger partial charge in [0.25, 0.3) is 0 Å². The summed E-state index contributed by atoms with van der Waals surface area (Å²) in [6, 6.07) is 8.64. The van der Waals surface area contributed by atoms with E-state index >= 15 is 0 Å². The molecule has 10 heteroatoms. The number of amides is 2. The average molecular weight is 576 g/mol. The van der Waals surface area contributed by atoms with Gasteiger partial charge in [0.05, 0.1) is 12.1 Å². The summed E-state index contributed by atoms with van der Waals surface area (Å²) in [6.45, 7) is -0.271. The van der Waals surface area contributed by atoms with Gasteiger partial charge >= 0.3 is 6.18 Å². The Morgan fingerprint density at radius 1 is 0.780 bits per heavy atom. The van der Waals surface area contributed by atoms with E-state index in [9.17, 15) is 31.5 Å². The molecule has 2 aromatic carbocycles. The lowest BCUT2D eigenvalue weighted by atomic mass is 9.80. The highest BCUT2D eigenvalue weighted by Gasteiger charge is 2.63. The van der Waals surface area contributed by atoms with Crippen LogP contribution in [0.4, 0.5) is 33.3 Å². The number of nitrogens with one attached hydrogen (secondary N) is 3. The molecule has 6 rings (SSSR count). The van der Waals surface area contributed by atoms with Crippen LogP contribution in [0.15, 0.2) is 42.5 Å². The first-order valence-corrected chi connectivity index (χ1v) is 14.5. The maximum absolute atomic E-state index is 13.5. The van der Waals surface area contributed by atoms with Crippen LogP contribution in [0.2, 0.25) is 0 Å². The van der Waals surface area contributed by atoms with Gasteiger partial charge < -0.3 is 16.0 Å². The summed E-state index contributed by atoms with van der Waals surface area (Å²) in [5, 5.41) is 8.43. The molecule has 2 amide bonds. The van der Waals surface area contributed by atoms with E-state index in [1.807, 2.05) is 0 Å². The Balaban J connectivity index is 0.890. The fourth-order valence-electron chi connectivity index (χ4n) is 7.72. The molecule has 6 atom stereocenters. The zero-order chi connectivity index (χ0) is 28.9. The van der Waals surface area contributed by atoms with E-state index in [1.54, 1.807) is 6.07 Å². The van der Waals surface area contributed by atoms with Crippen molar-refractivity contribution in [1.82, 2.24) is 5.32 Å². The van der Waals surface area contributed by atoms with E-state index in [4.69, 9.17) is 0 Å². The summed E-state index contributed by atoms with van der Waals surface area (Å²) < 4.78 is 65.3. The van der Waals surface area contributed by atoms with E-state index in [0.29, 0.717) is 29.4 Å². The van der Waals surface area contributed by atoms with Crippen LogP contribution in [-0.4, -0.2) is 24.4 Å². The molecule has 4 aliphatic carbocycles. The maximum Gasteiger partial charge on any atom is 0.416 e. The predicted molar refractivity (Wildman–Crippen MR) is 144 cm³/mol. The van der Waals surface area contributed by atoms with Gasteiger partial charge in [-0.05, 0) is 111 Å². The summed E-state index contributed by atoms with van der Waals surface area (Å²) >= 11 is 0. The van der Waals surface area contributed by atoms with Gasteiger partial charge in [0.1, 0.15) is 0 Å². The molecule has 4 aliphatic rings. The number of halogens is 5. The lowest BCUT2D eigenvalue weighted by Crippen LogP contribution is -2.35. The lowest BCUT2D eigenvalue weighted by Gasteiger charge is -2.30. The normalized spacial score (nSPS) is 32.1. The van der Waals surface area contributed by atoms with Crippen LogP contribution in [0.25, 0.3) is 0 Å². The fourth-order valence-corrected chi connectivity index (χ4v) is 7.72. The quantitative estimate of drug-likeness (QED) is 0.310. The molecule has 0 saturated heterocycles. The third kappa shape index (κ3) is 6.21. The summed E-state index contributed by atoms with van der Waals surface area (Å²) in [6.07, 6.45) is 3.16. The molecule has 4 fully saturated rings. The molecule has 0 spiro atoms. The SMILES string of the molecule is O=C(CNC(=O)C1[C@H]2CC(C3CC3C3CCC(Nc4ccc(F)c(F)c4)CC3)C[C@@H]12)Nc1cccc(C(F)(F)F)c1. The summed E-state index contributed by atoms with van der Waals surface area (Å²) in [5.74, 6) is 1.12. The third-order valence-corrected chi connectivity index (χ3v) is 9.85. The third-order valence-electron chi connectivity index (χ3n) is 9.85. The minimum Gasteiger partial charge on any atom is -0.382 e. The van der Waals surface area contributed by atoms with Crippen LogP contribution in [-0.2, 0) is 15.8 Å². The zero-order valence-electron chi connectivity index (χ0n) is 22.5. The molecule has 5 nitrogen and oxygen atoms in total. The van der Waals surface area contributed by atoms with Gasteiger partial charge in [-0.3, -0.25) is 9.59 Å². The van der Waals surface area contributed by atoms with Crippen LogP contribution < -0.4 is 16.0 Å². The Kier molecular flexibility index (Phi) is 7.44. The van der Waals surface area contributed by atoms with Crippen LogP contribution in [0, 0.1) is 53.1 Å². The molecule has 0 aliphatic heterocycles. The maximum atomic E-state index is 13.5. The second kappa shape index (κ2) is 10.9. The molecule has 0 aromatic heterocycles. The zero-order valence-corrected chi connectivity index (χ0v) is 22.5. The van der Waals surface area contributed by atoms with Crippen molar-refractivity contribution in [2.45, 2.75) is 57.2 Å². The van der Waals surface area contributed by atoms with Crippen molar-refractivity contribution in [2.24, 2.45) is 41.4 Å². The van der Waals surface area contributed by atoms with E-state index in [0.717, 1.165) is 68.6 Å². The first kappa shape index (κ1) is 28.0. The number of hydrogen-bond acceptors (Lipinski definition) is 3. The Morgan fingerprint density at radius 2 is 1.49 bits per heavy atom. The van der Waals surface area contributed by atoms with E-state index in [2.05, 4.69) is 16.0 Å². The van der Waals surface area contributed by atoms with E-state index in [-0.39, 0.29) is 30.1 Å². The van der Waals surface area contributed by atoms with Crippen LogP contribution >= 0.6 is 0 Å². The van der Waals surface area contributed by atoms with Crippen molar-refractivity contribution in [3.05, 3.63) is 59.7 Å². The van der Waals surface area contributed by atoms with Gasteiger partial charge in [0, 0.05) is 29.4 Å². The standard InChI is InChI=1S/C31H34F5N3O2/c32-26-9-8-21(13-27(26)33)38-19-6-4-16(5-7-19)22-14-23(22)17-10-24-25(11-17)29(24)30(41)37-15-28(40)39-20-3-1-2-18(12-20)31(34,35)36/h1-3,8-9,12-13,16-17,19,22-25,29,38H,4-7,10-11,14-15H2,(H,37,41)(H,39,40)/t16?,17?,19?,22?,23?,24-,25+,29?. The van der Waals surface area contributed by atoms with Crippen LogP contribution in [0.5, 0.6) is 0 Å². The summed E-state index contributed by atoms with van der Waals surface area (Å²) in [7, 11) is 0. The number of carbonyl (C=O) groups excluding carboxylic acids is 2. The topological polar surface area (TPSA) is 70.2 Å². The van der Waals surface area contributed by atoms with E-state index in [1.165, 1.54) is 24.6 Å². The second-order valence-corrected chi connectivity index (χ2v) is 12.4. The Morgan fingerprint density at radius 3 is 2.17 bits per heavy atom. The van der Waals surface area contributed by atoms with Gasteiger partial charge in [0.2, 0.25) is 11.8 Å².